The molecular formula is C11H22O2. The van der Waals surface area contributed by atoms with Gasteiger partial charge < -0.3 is 9.84 Å². The SMILES string of the molecule is CCOCC1(O)CCCC(CC)C1. The van der Waals surface area contributed by atoms with Crippen LogP contribution in [0.2, 0.25) is 0 Å². The molecule has 13 heavy (non-hydrogen) atoms. The van der Waals surface area contributed by atoms with Crippen LogP contribution >= 0.6 is 0 Å². The molecule has 0 heterocycles. The van der Waals surface area contributed by atoms with Crippen LogP contribution in [0.15, 0.2) is 0 Å². The number of ether oxygens (including phenoxy) is 1. The van der Waals surface area contributed by atoms with E-state index in [2.05, 4.69) is 6.92 Å². The maximum Gasteiger partial charge on any atom is 0.0882 e. The van der Waals surface area contributed by atoms with E-state index >= 15 is 0 Å². The first-order valence-electron chi connectivity index (χ1n) is 5.50. The molecule has 78 valence electrons. The molecular weight excluding hydrogens is 164 g/mol. The molecule has 0 bridgehead atoms. The van der Waals surface area contributed by atoms with Gasteiger partial charge in [-0.3, -0.25) is 0 Å². The second-order valence-corrected chi connectivity index (χ2v) is 4.23. The summed E-state index contributed by atoms with van der Waals surface area (Å²) in [6, 6.07) is 0. The molecule has 2 nitrogen and oxygen atoms in total. The second kappa shape index (κ2) is 4.97. The van der Waals surface area contributed by atoms with E-state index in [0.717, 1.165) is 19.3 Å². The van der Waals surface area contributed by atoms with Crippen molar-refractivity contribution in [2.24, 2.45) is 5.92 Å². The molecule has 0 aromatic heterocycles. The molecule has 1 aliphatic carbocycles. The predicted molar refractivity (Wildman–Crippen MR) is 53.7 cm³/mol. The van der Waals surface area contributed by atoms with Crippen molar-refractivity contribution in [2.75, 3.05) is 13.2 Å². The lowest BCUT2D eigenvalue weighted by atomic mass is 9.77. The maximum atomic E-state index is 10.2. The predicted octanol–water partition coefficient (Wildman–Crippen LogP) is 2.35. The number of hydrogen-bond donors (Lipinski definition) is 1. The van der Waals surface area contributed by atoms with Gasteiger partial charge >= 0.3 is 0 Å². The largest absolute Gasteiger partial charge is 0.387 e. The monoisotopic (exact) mass is 186 g/mol. The van der Waals surface area contributed by atoms with Crippen LogP contribution in [0.5, 0.6) is 0 Å². The Morgan fingerprint density at radius 3 is 2.85 bits per heavy atom. The molecule has 1 rings (SSSR count). The Morgan fingerprint density at radius 2 is 2.23 bits per heavy atom. The zero-order valence-electron chi connectivity index (χ0n) is 8.88. The van der Waals surface area contributed by atoms with Crippen molar-refractivity contribution >= 4 is 0 Å². The van der Waals surface area contributed by atoms with E-state index in [1.165, 1.54) is 12.8 Å². The Hall–Kier alpha value is -0.0800. The van der Waals surface area contributed by atoms with Gasteiger partial charge in [0.25, 0.3) is 0 Å². The minimum absolute atomic E-state index is 0.519. The van der Waals surface area contributed by atoms with Gasteiger partial charge in [0.15, 0.2) is 0 Å². The molecule has 0 aromatic carbocycles. The normalized spacial score (nSPS) is 34.8. The van der Waals surface area contributed by atoms with Crippen LogP contribution in [0.25, 0.3) is 0 Å². The first-order valence-corrected chi connectivity index (χ1v) is 5.50. The van der Waals surface area contributed by atoms with Gasteiger partial charge in [0.1, 0.15) is 0 Å². The Labute approximate surface area is 81.3 Å². The Bertz CT molecular complexity index is 147. The van der Waals surface area contributed by atoms with Crippen LogP contribution in [-0.2, 0) is 4.74 Å². The van der Waals surface area contributed by atoms with Crippen molar-refractivity contribution in [3.8, 4) is 0 Å². The fourth-order valence-corrected chi connectivity index (χ4v) is 2.23. The third kappa shape index (κ3) is 3.28. The standard InChI is InChI=1S/C11H22O2/c1-3-10-6-5-7-11(12,8-10)9-13-4-2/h10,12H,3-9H2,1-2H3. The fourth-order valence-electron chi connectivity index (χ4n) is 2.23. The summed E-state index contributed by atoms with van der Waals surface area (Å²) in [6.07, 6.45) is 5.48. The van der Waals surface area contributed by atoms with E-state index in [4.69, 9.17) is 4.74 Å². The molecule has 0 radical (unpaired) electrons. The van der Waals surface area contributed by atoms with E-state index < -0.39 is 5.60 Å². The van der Waals surface area contributed by atoms with E-state index in [9.17, 15) is 5.11 Å². The van der Waals surface area contributed by atoms with Gasteiger partial charge in [0.2, 0.25) is 0 Å². The third-order valence-electron chi connectivity index (χ3n) is 3.08. The topological polar surface area (TPSA) is 29.5 Å². The second-order valence-electron chi connectivity index (χ2n) is 4.23. The smallest absolute Gasteiger partial charge is 0.0882 e. The van der Waals surface area contributed by atoms with Crippen molar-refractivity contribution < 1.29 is 9.84 Å². The van der Waals surface area contributed by atoms with Crippen LogP contribution in [0.3, 0.4) is 0 Å². The van der Waals surface area contributed by atoms with Crippen molar-refractivity contribution in [1.82, 2.24) is 0 Å². The molecule has 0 spiro atoms. The lowest BCUT2D eigenvalue weighted by molar-refractivity contribution is -0.0786. The van der Waals surface area contributed by atoms with E-state index in [-0.39, 0.29) is 0 Å². The highest BCUT2D eigenvalue weighted by atomic mass is 16.5. The summed E-state index contributed by atoms with van der Waals surface area (Å²) in [5, 5.41) is 10.2. The number of hydrogen-bond acceptors (Lipinski definition) is 2. The molecule has 1 aliphatic rings. The van der Waals surface area contributed by atoms with E-state index in [0.29, 0.717) is 19.1 Å². The van der Waals surface area contributed by atoms with Gasteiger partial charge in [-0.15, -0.1) is 0 Å². The zero-order valence-corrected chi connectivity index (χ0v) is 8.88. The van der Waals surface area contributed by atoms with Gasteiger partial charge in [0.05, 0.1) is 12.2 Å². The third-order valence-corrected chi connectivity index (χ3v) is 3.08. The average molecular weight is 186 g/mol. The molecule has 2 atom stereocenters. The molecule has 2 heteroatoms. The highest BCUT2D eigenvalue weighted by molar-refractivity contribution is 4.85. The molecule has 1 fully saturated rings. The quantitative estimate of drug-likeness (QED) is 0.730. The minimum Gasteiger partial charge on any atom is -0.387 e. The maximum absolute atomic E-state index is 10.2. The molecule has 0 aliphatic heterocycles. The van der Waals surface area contributed by atoms with Gasteiger partial charge in [-0.1, -0.05) is 26.2 Å². The zero-order chi connectivity index (χ0) is 9.73. The number of aliphatic hydroxyl groups is 1. The van der Waals surface area contributed by atoms with Gasteiger partial charge in [-0.05, 0) is 25.7 Å². The van der Waals surface area contributed by atoms with Gasteiger partial charge in [0, 0.05) is 6.61 Å². The summed E-state index contributed by atoms with van der Waals surface area (Å²) in [7, 11) is 0. The summed E-state index contributed by atoms with van der Waals surface area (Å²) in [5.74, 6) is 0.708. The van der Waals surface area contributed by atoms with Crippen molar-refractivity contribution in [3.05, 3.63) is 0 Å². The Balaban J connectivity index is 2.37. The average Bonchev–Trinajstić information content (AvgIpc) is 2.15. The lowest BCUT2D eigenvalue weighted by Crippen LogP contribution is -2.39. The van der Waals surface area contributed by atoms with Crippen molar-refractivity contribution in [3.63, 3.8) is 0 Å². The van der Waals surface area contributed by atoms with Crippen LogP contribution in [0, 0.1) is 5.92 Å². The van der Waals surface area contributed by atoms with Gasteiger partial charge in [-0.2, -0.15) is 0 Å². The van der Waals surface area contributed by atoms with E-state index in [1.807, 2.05) is 6.92 Å². The van der Waals surface area contributed by atoms with Crippen LogP contribution in [-0.4, -0.2) is 23.9 Å². The van der Waals surface area contributed by atoms with Crippen LogP contribution in [0.4, 0.5) is 0 Å². The highest BCUT2D eigenvalue weighted by Crippen LogP contribution is 2.34. The van der Waals surface area contributed by atoms with E-state index in [1.54, 1.807) is 0 Å². The summed E-state index contributed by atoms with van der Waals surface area (Å²) in [4.78, 5) is 0. The molecule has 0 amide bonds. The molecule has 2 unspecified atom stereocenters. The van der Waals surface area contributed by atoms with Crippen molar-refractivity contribution in [1.29, 1.82) is 0 Å². The summed E-state index contributed by atoms with van der Waals surface area (Å²) < 4.78 is 5.32. The molecule has 1 N–H and O–H groups in total. The molecule has 0 saturated heterocycles. The number of rotatable bonds is 4. The van der Waals surface area contributed by atoms with Crippen LogP contribution in [0.1, 0.15) is 46.0 Å². The van der Waals surface area contributed by atoms with Crippen molar-refractivity contribution in [2.45, 2.75) is 51.6 Å². The summed E-state index contributed by atoms with van der Waals surface area (Å²) >= 11 is 0. The summed E-state index contributed by atoms with van der Waals surface area (Å²) in [5.41, 5.74) is -0.519. The first kappa shape index (κ1) is 11.0. The summed E-state index contributed by atoms with van der Waals surface area (Å²) in [6.45, 7) is 5.42. The lowest BCUT2D eigenvalue weighted by Gasteiger charge is -2.36. The Kier molecular flexibility index (Phi) is 4.20. The molecule has 1 saturated carbocycles. The molecule has 0 aromatic rings. The highest BCUT2D eigenvalue weighted by Gasteiger charge is 2.33. The first-order chi connectivity index (χ1) is 6.20. The minimum atomic E-state index is -0.519. The fraction of sp³-hybridized carbons (Fsp3) is 1.00. The van der Waals surface area contributed by atoms with Gasteiger partial charge in [-0.25, -0.2) is 0 Å². The Morgan fingerprint density at radius 1 is 1.46 bits per heavy atom. The van der Waals surface area contributed by atoms with Crippen LogP contribution < -0.4 is 0 Å².